The second-order valence-electron chi connectivity index (χ2n) is 3.11. The third-order valence-electron chi connectivity index (χ3n) is 1.72. The highest BCUT2D eigenvalue weighted by atomic mass is 32.2. The summed E-state index contributed by atoms with van der Waals surface area (Å²) in [4.78, 5) is 24.5. The van der Waals surface area contributed by atoms with Crippen LogP contribution in [0.2, 0.25) is 0 Å². The SMILES string of the molecule is CC(CC(=O)O)Sc1ncccc1[N+](=O)[O-]. The molecule has 0 aromatic carbocycles. The van der Waals surface area contributed by atoms with Crippen molar-refractivity contribution in [1.82, 2.24) is 4.98 Å². The first-order chi connectivity index (χ1) is 7.50. The smallest absolute Gasteiger partial charge is 0.304 e. The van der Waals surface area contributed by atoms with Crippen molar-refractivity contribution >= 4 is 23.4 Å². The molecule has 1 atom stereocenters. The average molecular weight is 242 g/mol. The van der Waals surface area contributed by atoms with Crippen LogP contribution in [-0.4, -0.2) is 26.2 Å². The number of nitro groups is 1. The summed E-state index contributed by atoms with van der Waals surface area (Å²) in [5, 5.41) is 19.2. The third-order valence-corrected chi connectivity index (χ3v) is 2.83. The van der Waals surface area contributed by atoms with Crippen LogP contribution in [0.4, 0.5) is 5.69 Å². The van der Waals surface area contributed by atoms with E-state index in [-0.39, 0.29) is 22.4 Å². The molecule has 1 rings (SSSR count). The number of pyridine rings is 1. The maximum Gasteiger partial charge on any atom is 0.304 e. The molecule has 0 saturated carbocycles. The number of carbonyl (C=O) groups is 1. The first-order valence-electron chi connectivity index (χ1n) is 4.48. The molecule has 86 valence electrons. The van der Waals surface area contributed by atoms with Crippen molar-refractivity contribution in [1.29, 1.82) is 0 Å². The molecule has 1 aromatic heterocycles. The Labute approximate surface area is 95.8 Å². The minimum atomic E-state index is -0.932. The lowest BCUT2D eigenvalue weighted by Gasteiger charge is -2.07. The Kier molecular flexibility index (Phi) is 4.24. The Morgan fingerprint density at radius 3 is 3.00 bits per heavy atom. The van der Waals surface area contributed by atoms with Gasteiger partial charge in [-0.15, -0.1) is 0 Å². The molecule has 0 bridgehead atoms. The van der Waals surface area contributed by atoms with E-state index in [1.807, 2.05) is 0 Å². The summed E-state index contributed by atoms with van der Waals surface area (Å²) in [6.45, 7) is 1.69. The Balaban J connectivity index is 2.80. The molecule has 0 spiro atoms. The van der Waals surface area contributed by atoms with Crippen molar-refractivity contribution in [2.24, 2.45) is 0 Å². The lowest BCUT2D eigenvalue weighted by Crippen LogP contribution is -2.06. The molecule has 0 fully saturated rings. The summed E-state index contributed by atoms with van der Waals surface area (Å²) in [6, 6.07) is 2.83. The number of carboxylic acid groups (broad SMARTS) is 1. The second kappa shape index (κ2) is 5.45. The van der Waals surface area contributed by atoms with Gasteiger partial charge in [-0.1, -0.05) is 18.7 Å². The van der Waals surface area contributed by atoms with Gasteiger partial charge in [-0.2, -0.15) is 0 Å². The summed E-state index contributed by atoms with van der Waals surface area (Å²) in [7, 11) is 0. The van der Waals surface area contributed by atoms with E-state index in [9.17, 15) is 14.9 Å². The molecule has 16 heavy (non-hydrogen) atoms. The minimum Gasteiger partial charge on any atom is -0.481 e. The fourth-order valence-corrected chi connectivity index (χ4v) is 2.08. The number of thioether (sulfide) groups is 1. The van der Waals surface area contributed by atoms with Crippen molar-refractivity contribution in [2.45, 2.75) is 23.6 Å². The highest BCUT2D eigenvalue weighted by Crippen LogP contribution is 2.30. The Hall–Kier alpha value is -1.63. The van der Waals surface area contributed by atoms with E-state index in [1.54, 1.807) is 6.92 Å². The number of rotatable bonds is 5. The van der Waals surface area contributed by atoms with Gasteiger partial charge in [-0.05, 0) is 6.07 Å². The van der Waals surface area contributed by atoms with E-state index < -0.39 is 10.9 Å². The average Bonchev–Trinajstić information content (AvgIpc) is 2.16. The van der Waals surface area contributed by atoms with Gasteiger partial charge in [0.1, 0.15) is 0 Å². The van der Waals surface area contributed by atoms with Gasteiger partial charge in [-0.25, -0.2) is 4.98 Å². The fraction of sp³-hybridized carbons (Fsp3) is 0.333. The van der Waals surface area contributed by atoms with Gasteiger partial charge in [0.15, 0.2) is 5.03 Å². The number of nitrogens with zero attached hydrogens (tertiary/aromatic N) is 2. The van der Waals surface area contributed by atoms with Gasteiger partial charge in [0, 0.05) is 17.5 Å². The predicted octanol–water partition coefficient (Wildman–Crippen LogP) is 1.95. The van der Waals surface area contributed by atoms with E-state index in [0.717, 1.165) is 11.8 Å². The van der Waals surface area contributed by atoms with Crippen molar-refractivity contribution < 1.29 is 14.8 Å². The predicted molar refractivity (Wildman–Crippen MR) is 58.5 cm³/mol. The highest BCUT2D eigenvalue weighted by Gasteiger charge is 2.18. The Morgan fingerprint density at radius 1 is 1.75 bits per heavy atom. The van der Waals surface area contributed by atoms with Crippen LogP contribution in [0.5, 0.6) is 0 Å². The summed E-state index contributed by atoms with van der Waals surface area (Å²) in [6.07, 6.45) is 1.39. The molecule has 6 nitrogen and oxygen atoms in total. The van der Waals surface area contributed by atoms with Crippen LogP contribution in [0.15, 0.2) is 23.4 Å². The summed E-state index contributed by atoms with van der Waals surface area (Å²) in [5.74, 6) is -0.932. The molecule has 0 amide bonds. The molecule has 1 aromatic rings. The first kappa shape index (κ1) is 12.4. The zero-order valence-corrected chi connectivity index (χ0v) is 9.31. The van der Waals surface area contributed by atoms with E-state index in [1.165, 1.54) is 18.3 Å². The zero-order chi connectivity index (χ0) is 12.1. The zero-order valence-electron chi connectivity index (χ0n) is 8.49. The number of carboxylic acids is 1. The maximum atomic E-state index is 10.7. The number of aromatic nitrogens is 1. The largest absolute Gasteiger partial charge is 0.481 e. The molecule has 0 aliphatic carbocycles. The van der Waals surface area contributed by atoms with E-state index in [4.69, 9.17) is 5.11 Å². The van der Waals surface area contributed by atoms with Gasteiger partial charge in [0.05, 0.1) is 11.3 Å². The summed E-state index contributed by atoms with van der Waals surface area (Å²) in [5.41, 5.74) is -0.0928. The Morgan fingerprint density at radius 2 is 2.44 bits per heavy atom. The molecule has 1 unspecified atom stereocenters. The molecule has 7 heteroatoms. The summed E-state index contributed by atoms with van der Waals surface area (Å²) >= 11 is 1.09. The van der Waals surface area contributed by atoms with Gasteiger partial charge >= 0.3 is 11.7 Å². The normalized spacial score (nSPS) is 12.1. The van der Waals surface area contributed by atoms with Crippen LogP contribution in [0.25, 0.3) is 0 Å². The molecule has 1 heterocycles. The van der Waals surface area contributed by atoms with Crippen LogP contribution in [-0.2, 0) is 4.79 Å². The molecular weight excluding hydrogens is 232 g/mol. The number of hydrogen-bond donors (Lipinski definition) is 1. The third kappa shape index (κ3) is 3.50. The number of hydrogen-bond acceptors (Lipinski definition) is 5. The van der Waals surface area contributed by atoms with Crippen LogP contribution in [0, 0.1) is 10.1 Å². The lowest BCUT2D eigenvalue weighted by molar-refractivity contribution is -0.388. The fourth-order valence-electron chi connectivity index (χ4n) is 1.09. The van der Waals surface area contributed by atoms with E-state index in [0.29, 0.717) is 0 Å². The number of aliphatic carboxylic acids is 1. The van der Waals surface area contributed by atoms with Gasteiger partial charge in [0.2, 0.25) is 0 Å². The highest BCUT2D eigenvalue weighted by molar-refractivity contribution is 8.00. The van der Waals surface area contributed by atoms with Crippen LogP contribution in [0.3, 0.4) is 0 Å². The molecule has 0 aliphatic rings. The lowest BCUT2D eigenvalue weighted by atomic mass is 10.3. The van der Waals surface area contributed by atoms with Gasteiger partial charge in [0.25, 0.3) is 0 Å². The molecule has 0 saturated heterocycles. The van der Waals surface area contributed by atoms with Gasteiger partial charge < -0.3 is 5.11 Å². The molecule has 1 N–H and O–H groups in total. The monoisotopic (exact) mass is 242 g/mol. The van der Waals surface area contributed by atoms with Crippen LogP contribution in [0.1, 0.15) is 13.3 Å². The van der Waals surface area contributed by atoms with Crippen molar-refractivity contribution in [2.75, 3.05) is 0 Å². The topological polar surface area (TPSA) is 93.3 Å². The summed E-state index contributed by atoms with van der Waals surface area (Å²) < 4.78 is 0. The maximum absolute atomic E-state index is 10.7. The van der Waals surface area contributed by atoms with E-state index in [2.05, 4.69) is 4.98 Å². The van der Waals surface area contributed by atoms with Crippen molar-refractivity contribution in [3.8, 4) is 0 Å². The standard InChI is InChI=1S/C9H10N2O4S/c1-6(5-8(12)13)16-9-7(11(14)15)3-2-4-10-9/h2-4,6H,5H2,1H3,(H,12,13). The molecule has 0 radical (unpaired) electrons. The second-order valence-corrected chi connectivity index (χ2v) is 4.54. The first-order valence-corrected chi connectivity index (χ1v) is 5.36. The molecule has 0 aliphatic heterocycles. The van der Waals surface area contributed by atoms with Gasteiger partial charge in [-0.3, -0.25) is 14.9 Å². The quantitative estimate of drug-likeness (QED) is 0.482. The Bertz CT molecular complexity index is 410. The van der Waals surface area contributed by atoms with Crippen molar-refractivity contribution in [3.63, 3.8) is 0 Å². The minimum absolute atomic E-state index is 0.0571. The van der Waals surface area contributed by atoms with Crippen molar-refractivity contribution in [3.05, 3.63) is 28.4 Å². The van der Waals surface area contributed by atoms with Crippen LogP contribution >= 0.6 is 11.8 Å². The molecular formula is C9H10N2O4S. The van der Waals surface area contributed by atoms with E-state index >= 15 is 0 Å². The van der Waals surface area contributed by atoms with Crippen LogP contribution < -0.4 is 0 Å².